The highest BCUT2D eigenvalue weighted by Crippen LogP contribution is 2.35. The molecular formula is C13H19Cl3O4. The van der Waals surface area contributed by atoms with Gasteiger partial charge in [-0.1, -0.05) is 23.2 Å². The molecule has 20 heavy (non-hydrogen) atoms. The summed E-state index contributed by atoms with van der Waals surface area (Å²) in [4.78, 5) is 23.1. The molecule has 0 aliphatic rings. The lowest BCUT2D eigenvalue weighted by atomic mass is 9.82. The summed E-state index contributed by atoms with van der Waals surface area (Å²) in [6.07, 6.45) is 1.36. The van der Waals surface area contributed by atoms with Gasteiger partial charge in [0.2, 0.25) is 0 Å². The van der Waals surface area contributed by atoms with Crippen LogP contribution in [-0.2, 0) is 19.1 Å². The molecule has 4 nitrogen and oxygen atoms in total. The molecule has 1 atom stereocenters. The van der Waals surface area contributed by atoms with Crippen molar-refractivity contribution < 1.29 is 19.1 Å². The van der Waals surface area contributed by atoms with Gasteiger partial charge in [-0.15, -0.1) is 11.6 Å². The van der Waals surface area contributed by atoms with E-state index in [9.17, 15) is 9.59 Å². The number of carbonyl (C=O) groups excluding carboxylic acids is 2. The maximum atomic E-state index is 12.0. The second-order valence-corrected chi connectivity index (χ2v) is 6.51. The number of carbonyl (C=O) groups is 2. The van der Waals surface area contributed by atoms with Gasteiger partial charge in [0, 0.05) is 10.8 Å². The first-order chi connectivity index (χ1) is 9.15. The number of rotatable bonds is 7. The van der Waals surface area contributed by atoms with E-state index in [1.807, 2.05) is 0 Å². The van der Waals surface area contributed by atoms with Crippen molar-refractivity contribution in [3.63, 3.8) is 0 Å². The van der Waals surface area contributed by atoms with Crippen molar-refractivity contribution in [2.45, 2.75) is 32.6 Å². The molecule has 0 radical (unpaired) electrons. The first kappa shape index (κ1) is 19.6. The molecule has 0 spiro atoms. The van der Waals surface area contributed by atoms with Crippen molar-refractivity contribution in [1.82, 2.24) is 0 Å². The highest BCUT2D eigenvalue weighted by atomic mass is 35.5. The monoisotopic (exact) mass is 344 g/mol. The van der Waals surface area contributed by atoms with E-state index in [-0.39, 0.29) is 17.7 Å². The van der Waals surface area contributed by atoms with Crippen LogP contribution in [0.15, 0.2) is 10.6 Å². The van der Waals surface area contributed by atoms with E-state index in [0.717, 1.165) is 0 Å². The maximum absolute atomic E-state index is 12.0. The van der Waals surface area contributed by atoms with E-state index >= 15 is 0 Å². The van der Waals surface area contributed by atoms with Crippen molar-refractivity contribution >= 4 is 46.7 Å². The van der Waals surface area contributed by atoms with Crippen LogP contribution in [0.5, 0.6) is 0 Å². The van der Waals surface area contributed by atoms with E-state index in [0.29, 0.717) is 0 Å². The van der Waals surface area contributed by atoms with Crippen LogP contribution in [0.1, 0.15) is 27.7 Å². The molecular weight excluding hydrogens is 326 g/mol. The lowest BCUT2D eigenvalue weighted by molar-refractivity contribution is -0.164. The molecule has 0 aromatic heterocycles. The van der Waals surface area contributed by atoms with Crippen LogP contribution in [0.2, 0.25) is 0 Å². The second kappa shape index (κ2) is 8.75. The van der Waals surface area contributed by atoms with Crippen molar-refractivity contribution in [3.05, 3.63) is 10.6 Å². The fourth-order valence-corrected chi connectivity index (χ4v) is 2.14. The zero-order chi connectivity index (χ0) is 15.9. The number of esters is 2. The number of halogens is 3. The van der Waals surface area contributed by atoms with E-state index in [2.05, 4.69) is 0 Å². The largest absolute Gasteiger partial charge is 0.465 e. The Balaban J connectivity index is 5.58. The van der Waals surface area contributed by atoms with Crippen LogP contribution in [0.4, 0.5) is 0 Å². The van der Waals surface area contributed by atoms with Gasteiger partial charge in [-0.25, -0.2) is 0 Å². The lowest BCUT2D eigenvalue weighted by Crippen LogP contribution is -2.41. The summed E-state index contributed by atoms with van der Waals surface area (Å²) < 4.78 is 9.75. The second-order valence-electron chi connectivity index (χ2n) is 4.53. The normalized spacial score (nSPS) is 12.8. The third kappa shape index (κ3) is 6.33. The van der Waals surface area contributed by atoms with Gasteiger partial charge in [0.05, 0.1) is 13.2 Å². The lowest BCUT2D eigenvalue weighted by Gasteiger charge is -2.30. The first-order valence-electron chi connectivity index (χ1n) is 6.20. The Morgan fingerprint density at radius 3 is 1.75 bits per heavy atom. The fraction of sp³-hybridized carbons (Fsp3) is 0.692. The van der Waals surface area contributed by atoms with E-state index in [4.69, 9.17) is 44.3 Å². The van der Waals surface area contributed by atoms with Crippen LogP contribution in [0, 0.1) is 11.8 Å². The average molecular weight is 346 g/mol. The summed E-state index contributed by atoms with van der Waals surface area (Å²) in [7, 11) is 0. The third-order valence-electron chi connectivity index (χ3n) is 2.54. The highest BCUT2D eigenvalue weighted by molar-refractivity contribution is 6.55. The highest BCUT2D eigenvalue weighted by Gasteiger charge is 2.43. The Kier molecular flexibility index (Phi) is 8.56. The van der Waals surface area contributed by atoms with Crippen LogP contribution in [0.25, 0.3) is 0 Å². The Hall–Kier alpha value is -0.450. The minimum absolute atomic E-state index is 0.0812. The zero-order valence-corrected chi connectivity index (χ0v) is 14.2. The van der Waals surface area contributed by atoms with Crippen molar-refractivity contribution in [3.8, 4) is 0 Å². The van der Waals surface area contributed by atoms with Gasteiger partial charge in [-0.3, -0.25) is 9.59 Å². The minimum Gasteiger partial charge on any atom is -0.465 e. The molecule has 0 fully saturated rings. The summed E-state index contributed by atoms with van der Waals surface area (Å²) in [5, 5.41) is 0. The molecule has 0 rings (SSSR count). The van der Waals surface area contributed by atoms with Gasteiger partial charge in [0.1, 0.15) is 4.49 Å². The standard InChI is InChI=1S/C13H19Cl3O4/c1-5-19-11(17)10(12(18)20-6-2)8(7-9(14)15)13(3,4)16/h7-8,10H,5-6H2,1-4H3. The molecule has 0 amide bonds. The predicted molar refractivity (Wildman–Crippen MR) is 80.0 cm³/mol. The Labute approximate surface area is 134 Å². The van der Waals surface area contributed by atoms with Gasteiger partial charge in [0.25, 0.3) is 0 Å². The summed E-state index contributed by atoms with van der Waals surface area (Å²) in [6, 6.07) is 0. The molecule has 0 aromatic carbocycles. The maximum Gasteiger partial charge on any atom is 0.320 e. The van der Waals surface area contributed by atoms with Crippen molar-refractivity contribution in [2.24, 2.45) is 11.8 Å². The quantitative estimate of drug-likeness (QED) is 0.401. The minimum atomic E-state index is -1.21. The Bertz CT molecular complexity index is 352. The summed E-state index contributed by atoms with van der Waals surface area (Å²) in [5.41, 5.74) is 0. The molecule has 1 unspecified atom stereocenters. The topological polar surface area (TPSA) is 52.6 Å². The van der Waals surface area contributed by atoms with Crippen molar-refractivity contribution in [1.29, 1.82) is 0 Å². The molecule has 116 valence electrons. The number of hydrogen-bond acceptors (Lipinski definition) is 4. The zero-order valence-electron chi connectivity index (χ0n) is 11.9. The fourth-order valence-electron chi connectivity index (χ4n) is 1.68. The van der Waals surface area contributed by atoms with E-state index in [1.165, 1.54) is 6.08 Å². The van der Waals surface area contributed by atoms with Crippen LogP contribution < -0.4 is 0 Å². The molecule has 7 heteroatoms. The number of hydrogen-bond donors (Lipinski definition) is 0. The van der Waals surface area contributed by atoms with Gasteiger partial charge in [-0.05, 0) is 33.8 Å². The molecule has 0 heterocycles. The van der Waals surface area contributed by atoms with Crippen LogP contribution >= 0.6 is 34.8 Å². The SMILES string of the molecule is CCOC(=O)C(C(=O)OCC)C(C=C(Cl)Cl)C(C)(C)Cl. The Morgan fingerprint density at radius 1 is 1.10 bits per heavy atom. The van der Waals surface area contributed by atoms with E-state index < -0.39 is 28.6 Å². The predicted octanol–water partition coefficient (Wildman–Crippen LogP) is 3.68. The van der Waals surface area contributed by atoms with Crippen LogP contribution in [0.3, 0.4) is 0 Å². The smallest absolute Gasteiger partial charge is 0.320 e. The molecule has 0 aliphatic heterocycles. The molecule has 0 aromatic rings. The summed E-state index contributed by atoms with van der Waals surface area (Å²) >= 11 is 17.5. The molecule has 0 saturated carbocycles. The summed E-state index contributed by atoms with van der Waals surface area (Å²) in [5.74, 6) is -3.40. The Morgan fingerprint density at radius 2 is 1.50 bits per heavy atom. The molecule has 0 saturated heterocycles. The van der Waals surface area contributed by atoms with Gasteiger partial charge < -0.3 is 9.47 Å². The van der Waals surface area contributed by atoms with Crippen LogP contribution in [-0.4, -0.2) is 30.0 Å². The van der Waals surface area contributed by atoms with Gasteiger partial charge in [0.15, 0.2) is 5.92 Å². The number of ether oxygens (including phenoxy) is 2. The van der Waals surface area contributed by atoms with E-state index in [1.54, 1.807) is 27.7 Å². The summed E-state index contributed by atoms with van der Waals surface area (Å²) in [6.45, 7) is 6.87. The van der Waals surface area contributed by atoms with Gasteiger partial charge >= 0.3 is 11.9 Å². The van der Waals surface area contributed by atoms with Crippen molar-refractivity contribution in [2.75, 3.05) is 13.2 Å². The average Bonchev–Trinajstić information content (AvgIpc) is 2.27. The third-order valence-corrected chi connectivity index (χ3v) is 3.04. The number of allylic oxidation sites excluding steroid dienone is 1. The number of alkyl halides is 1. The molecule has 0 bridgehead atoms. The molecule has 0 aliphatic carbocycles. The van der Waals surface area contributed by atoms with Gasteiger partial charge in [-0.2, -0.15) is 0 Å². The molecule has 0 N–H and O–H groups in total. The first-order valence-corrected chi connectivity index (χ1v) is 7.33.